The number of esters is 1. The monoisotopic (exact) mass is 234 g/mol. The highest BCUT2D eigenvalue weighted by molar-refractivity contribution is 5.93. The first-order chi connectivity index (χ1) is 8.11. The number of amides is 1. The second-order valence-electron chi connectivity index (χ2n) is 4.04. The molecule has 2 rings (SSSR count). The van der Waals surface area contributed by atoms with Crippen LogP contribution >= 0.6 is 0 Å². The number of nitrogens with two attached hydrogens (primary N) is 1. The number of anilines is 1. The van der Waals surface area contributed by atoms with E-state index in [1.54, 1.807) is 12.1 Å². The number of methoxy groups -OCH3 is 1. The van der Waals surface area contributed by atoms with E-state index in [4.69, 9.17) is 5.73 Å². The van der Waals surface area contributed by atoms with Crippen LogP contribution in [0.5, 0.6) is 0 Å². The number of rotatable bonds is 3. The molecule has 5 heteroatoms. The Balaban J connectivity index is 1.97. The molecule has 0 spiro atoms. The van der Waals surface area contributed by atoms with Crippen LogP contribution in [0.1, 0.15) is 10.4 Å². The minimum absolute atomic E-state index is 0.0455. The van der Waals surface area contributed by atoms with E-state index in [0.717, 1.165) is 5.69 Å². The van der Waals surface area contributed by atoms with Crippen LogP contribution in [0.25, 0.3) is 0 Å². The van der Waals surface area contributed by atoms with Crippen LogP contribution in [0.4, 0.5) is 5.69 Å². The van der Waals surface area contributed by atoms with Gasteiger partial charge >= 0.3 is 5.97 Å². The molecule has 17 heavy (non-hydrogen) atoms. The van der Waals surface area contributed by atoms with Gasteiger partial charge in [-0.15, -0.1) is 0 Å². The Hall–Kier alpha value is -2.04. The highest BCUT2D eigenvalue weighted by atomic mass is 16.5. The van der Waals surface area contributed by atoms with E-state index >= 15 is 0 Å². The molecule has 0 saturated carbocycles. The van der Waals surface area contributed by atoms with Gasteiger partial charge in [-0.2, -0.15) is 0 Å². The zero-order chi connectivity index (χ0) is 12.4. The Morgan fingerprint density at radius 1 is 1.29 bits per heavy atom. The number of nitrogens with zero attached hydrogens (tertiary/aromatic N) is 1. The Morgan fingerprint density at radius 3 is 2.35 bits per heavy atom. The molecule has 1 fully saturated rings. The standard InChI is InChI=1S/C12H14N2O3/c1-17-12(16)9-6-14(7-9)10-4-2-8(3-5-10)11(13)15/h2-5,9H,6-7H2,1H3,(H2,13,15). The molecule has 90 valence electrons. The SMILES string of the molecule is COC(=O)C1CN(c2ccc(C(N)=O)cc2)C1. The first-order valence-electron chi connectivity index (χ1n) is 5.34. The molecule has 2 N–H and O–H groups in total. The summed E-state index contributed by atoms with van der Waals surface area (Å²) in [6, 6.07) is 7.02. The van der Waals surface area contributed by atoms with Crippen LogP contribution in [0.15, 0.2) is 24.3 Å². The summed E-state index contributed by atoms with van der Waals surface area (Å²) in [4.78, 5) is 24.1. The first kappa shape index (κ1) is 11.4. The average molecular weight is 234 g/mol. The molecule has 1 aromatic rings. The van der Waals surface area contributed by atoms with Crippen molar-refractivity contribution in [2.24, 2.45) is 11.7 Å². The molecule has 0 atom stereocenters. The number of hydrogen-bond acceptors (Lipinski definition) is 4. The Bertz CT molecular complexity index is 436. The summed E-state index contributed by atoms with van der Waals surface area (Å²) in [6.07, 6.45) is 0. The van der Waals surface area contributed by atoms with Crippen LogP contribution in [0.3, 0.4) is 0 Å². The van der Waals surface area contributed by atoms with E-state index in [1.165, 1.54) is 7.11 Å². The molecule has 1 aromatic carbocycles. The van der Waals surface area contributed by atoms with Crippen molar-refractivity contribution in [1.29, 1.82) is 0 Å². The summed E-state index contributed by atoms with van der Waals surface area (Å²) >= 11 is 0. The molecule has 0 unspecified atom stereocenters. The maximum atomic E-state index is 11.2. The molecule has 1 amide bonds. The molecule has 5 nitrogen and oxygen atoms in total. The Morgan fingerprint density at radius 2 is 1.88 bits per heavy atom. The van der Waals surface area contributed by atoms with Gasteiger partial charge in [-0.25, -0.2) is 0 Å². The van der Waals surface area contributed by atoms with Gasteiger partial charge in [-0.3, -0.25) is 9.59 Å². The molecule has 1 saturated heterocycles. The molecule has 0 aliphatic carbocycles. The number of hydrogen-bond donors (Lipinski definition) is 1. The summed E-state index contributed by atoms with van der Waals surface area (Å²) in [7, 11) is 1.40. The minimum Gasteiger partial charge on any atom is -0.469 e. The lowest BCUT2D eigenvalue weighted by molar-refractivity contribution is -0.146. The topological polar surface area (TPSA) is 72.6 Å². The zero-order valence-electron chi connectivity index (χ0n) is 9.55. The van der Waals surface area contributed by atoms with Crippen LogP contribution in [0, 0.1) is 5.92 Å². The molecule has 1 heterocycles. The van der Waals surface area contributed by atoms with Gasteiger partial charge in [-0.1, -0.05) is 0 Å². The van der Waals surface area contributed by atoms with Crippen LogP contribution in [-0.2, 0) is 9.53 Å². The summed E-state index contributed by atoms with van der Waals surface area (Å²) in [5, 5.41) is 0. The van der Waals surface area contributed by atoms with Gasteiger partial charge in [0, 0.05) is 24.3 Å². The molecular formula is C12H14N2O3. The van der Waals surface area contributed by atoms with E-state index in [-0.39, 0.29) is 11.9 Å². The number of ether oxygens (including phenoxy) is 1. The van der Waals surface area contributed by atoms with Crippen molar-refractivity contribution in [3.05, 3.63) is 29.8 Å². The second-order valence-corrected chi connectivity index (χ2v) is 4.04. The predicted octanol–water partition coefficient (Wildman–Crippen LogP) is 0.395. The number of benzene rings is 1. The first-order valence-corrected chi connectivity index (χ1v) is 5.34. The normalized spacial score (nSPS) is 15.2. The van der Waals surface area contributed by atoms with Crippen molar-refractivity contribution in [2.75, 3.05) is 25.1 Å². The molecular weight excluding hydrogens is 220 g/mol. The lowest BCUT2D eigenvalue weighted by Crippen LogP contribution is -2.50. The molecule has 1 aliphatic rings. The maximum absolute atomic E-state index is 11.2. The van der Waals surface area contributed by atoms with Gasteiger partial charge in [0.2, 0.25) is 5.91 Å². The molecule has 0 aromatic heterocycles. The number of primary amides is 1. The molecule has 1 aliphatic heterocycles. The lowest BCUT2D eigenvalue weighted by Gasteiger charge is -2.39. The summed E-state index contributed by atoms with van der Waals surface area (Å²) in [5.74, 6) is -0.654. The largest absolute Gasteiger partial charge is 0.469 e. The zero-order valence-corrected chi connectivity index (χ0v) is 9.55. The maximum Gasteiger partial charge on any atom is 0.312 e. The van der Waals surface area contributed by atoms with Crippen LogP contribution in [0.2, 0.25) is 0 Å². The summed E-state index contributed by atoms with van der Waals surface area (Å²) < 4.78 is 4.66. The highest BCUT2D eigenvalue weighted by Gasteiger charge is 2.33. The van der Waals surface area contributed by atoms with Gasteiger partial charge in [0.1, 0.15) is 0 Å². The Labute approximate surface area is 99.2 Å². The minimum atomic E-state index is -0.437. The van der Waals surface area contributed by atoms with E-state index in [0.29, 0.717) is 18.7 Å². The van der Waals surface area contributed by atoms with Gasteiger partial charge in [0.25, 0.3) is 0 Å². The third-order valence-electron chi connectivity index (χ3n) is 2.93. The fourth-order valence-electron chi connectivity index (χ4n) is 1.84. The van der Waals surface area contributed by atoms with E-state index < -0.39 is 5.91 Å². The predicted molar refractivity (Wildman–Crippen MR) is 62.7 cm³/mol. The van der Waals surface area contributed by atoms with Gasteiger partial charge in [-0.05, 0) is 24.3 Å². The van der Waals surface area contributed by atoms with Crippen molar-refractivity contribution in [2.45, 2.75) is 0 Å². The third kappa shape index (κ3) is 2.22. The van der Waals surface area contributed by atoms with E-state index in [9.17, 15) is 9.59 Å². The molecule has 0 bridgehead atoms. The lowest BCUT2D eigenvalue weighted by atomic mass is 9.99. The van der Waals surface area contributed by atoms with Crippen molar-refractivity contribution < 1.29 is 14.3 Å². The fourth-order valence-corrected chi connectivity index (χ4v) is 1.84. The quantitative estimate of drug-likeness (QED) is 0.768. The van der Waals surface area contributed by atoms with E-state index in [1.807, 2.05) is 17.0 Å². The molecule has 0 radical (unpaired) electrons. The third-order valence-corrected chi connectivity index (χ3v) is 2.93. The van der Waals surface area contributed by atoms with Gasteiger partial charge in [0.15, 0.2) is 0 Å². The average Bonchev–Trinajstić information content (AvgIpc) is 2.27. The smallest absolute Gasteiger partial charge is 0.312 e. The highest BCUT2D eigenvalue weighted by Crippen LogP contribution is 2.25. The Kier molecular flexibility index (Phi) is 2.99. The van der Waals surface area contributed by atoms with Crippen molar-refractivity contribution >= 4 is 17.6 Å². The van der Waals surface area contributed by atoms with Gasteiger partial charge < -0.3 is 15.4 Å². The van der Waals surface area contributed by atoms with E-state index in [2.05, 4.69) is 4.74 Å². The van der Waals surface area contributed by atoms with Gasteiger partial charge in [0.05, 0.1) is 13.0 Å². The van der Waals surface area contributed by atoms with Crippen LogP contribution < -0.4 is 10.6 Å². The number of carbonyl (C=O) groups is 2. The van der Waals surface area contributed by atoms with Crippen molar-refractivity contribution in [3.63, 3.8) is 0 Å². The summed E-state index contributed by atoms with van der Waals surface area (Å²) in [5.41, 5.74) is 6.62. The second kappa shape index (κ2) is 4.45. The fraction of sp³-hybridized carbons (Fsp3) is 0.333. The van der Waals surface area contributed by atoms with Crippen LogP contribution in [-0.4, -0.2) is 32.1 Å². The number of carbonyl (C=O) groups excluding carboxylic acids is 2. The van der Waals surface area contributed by atoms with Crippen molar-refractivity contribution in [3.8, 4) is 0 Å². The van der Waals surface area contributed by atoms with Crippen molar-refractivity contribution in [1.82, 2.24) is 0 Å². The summed E-state index contributed by atoms with van der Waals surface area (Å²) in [6.45, 7) is 1.31.